The first-order valence-corrected chi connectivity index (χ1v) is 7.77. The number of hydrogen-bond acceptors (Lipinski definition) is 3. The van der Waals surface area contributed by atoms with Crippen LogP contribution in [-0.2, 0) is 11.0 Å². The number of rotatable bonds is 3. The number of nitrogens with one attached hydrogen (secondary N) is 2. The second-order valence-corrected chi connectivity index (χ2v) is 5.70. The normalized spacial score (nSPS) is 14.4. The van der Waals surface area contributed by atoms with Gasteiger partial charge in [0.2, 0.25) is 5.91 Å². The van der Waals surface area contributed by atoms with Gasteiger partial charge in [-0.1, -0.05) is 18.2 Å². The molecule has 2 aromatic rings. The van der Waals surface area contributed by atoms with Gasteiger partial charge in [-0.3, -0.25) is 9.59 Å². The molecule has 2 N–H and O–H groups in total. The van der Waals surface area contributed by atoms with Crippen LogP contribution in [0, 0.1) is 0 Å². The number of amides is 2. The first-order valence-electron chi connectivity index (χ1n) is 7.77. The molecule has 2 aromatic carbocycles. The maximum Gasteiger partial charge on any atom is 0.416 e. The molecule has 1 aliphatic rings. The molecule has 1 aliphatic heterocycles. The zero-order valence-electron chi connectivity index (χ0n) is 13.4. The molecule has 26 heavy (non-hydrogen) atoms. The van der Waals surface area contributed by atoms with Crippen LogP contribution in [0.1, 0.15) is 34.3 Å². The maximum atomic E-state index is 12.7. The van der Waals surface area contributed by atoms with Crippen LogP contribution in [-0.4, -0.2) is 17.5 Å². The Balaban J connectivity index is 1.71. The van der Waals surface area contributed by atoms with Gasteiger partial charge in [-0.05, 0) is 35.9 Å². The van der Waals surface area contributed by atoms with Crippen LogP contribution >= 0.6 is 0 Å². The van der Waals surface area contributed by atoms with Crippen molar-refractivity contribution in [2.24, 2.45) is 5.10 Å². The van der Waals surface area contributed by atoms with Gasteiger partial charge in [0.1, 0.15) is 0 Å². The summed E-state index contributed by atoms with van der Waals surface area (Å²) in [6.07, 6.45) is -3.64. The molecule has 0 saturated heterocycles. The molecule has 0 bridgehead atoms. The SMILES string of the molecule is O=C1CCC(c2ccc(NC(=O)c3cccc(C(F)(F)F)c3)cc2)=NN1. The Bertz CT molecular complexity index is 874. The van der Waals surface area contributed by atoms with Crippen LogP contribution in [0.5, 0.6) is 0 Å². The number of benzene rings is 2. The number of alkyl halides is 3. The van der Waals surface area contributed by atoms with Crippen LogP contribution in [0.2, 0.25) is 0 Å². The lowest BCUT2D eigenvalue weighted by molar-refractivity contribution is -0.137. The van der Waals surface area contributed by atoms with Gasteiger partial charge in [-0.2, -0.15) is 18.3 Å². The van der Waals surface area contributed by atoms with E-state index in [-0.39, 0.29) is 11.5 Å². The maximum absolute atomic E-state index is 12.7. The van der Waals surface area contributed by atoms with E-state index < -0.39 is 17.6 Å². The van der Waals surface area contributed by atoms with E-state index in [0.717, 1.165) is 23.4 Å². The molecule has 2 amide bonds. The van der Waals surface area contributed by atoms with Crippen LogP contribution in [0.15, 0.2) is 53.6 Å². The van der Waals surface area contributed by atoms with Crippen LogP contribution in [0.3, 0.4) is 0 Å². The first kappa shape index (κ1) is 17.7. The average Bonchev–Trinajstić information content (AvgIpc) is 2.62. The number of hydrazone groups is 1. The van der Waals surface area contributed by atoms with Gasteiger partial charge in [0.15, 0.2) is 0 Å². The van der Waals surface area contributed by atoms with Gasteiger partial charge >= 0.3 is 6.18 Å². The first-order chi connectivity index (χ1) is 12.3. The third kappa shape index (κ3) is 4.08. The third-order valence-corrected chi connectivity index (χ3v) is 3.83. The summed E-state index contributed by atoms with van der Waals surface area (Å²) < 4.78 is 38.2. The Kier molecular flexibility index (Phi) is 4.75. The summed E-state index contributed by atoms with van der Waals surface area (Å²) in [6, 6.07) is 10.9. The van der Waals surface area contributed by atoms with Crippen LogP contribution < -0.4 is 10.7 Å². The topological polar surface area (TPSA) is 70.6 Å². The predicted octanol–water partition coefficient (Wildman–Crippen LogP) is 3.57. The van der Waals surface area contributed by atoms with Crippen molar-refractivity contribution in [3.8, 4) is 0 Å². The molecule has 0 spiro atoms. The van der Waals surface area contributed by atoms with E-state index in [1.165, 1.54) is 12.1 Å². The van der Waals surface area contributed by atoms with Gasteiger partial charge in [-0.15, -0.1) is 0 Å². The second-order valence-electron chi connectivity index (χ2n) is 5.70. The molecule has 0 aromatic heterocycles. The highest BCUT2D eigenvalue weighted by Crippen LogP contribution is 2.29. The van der Waals surface area contributed by atoms with Crippen molar-refractivity contribution in [2.75, 3.05) is 5.32 Å². The molecule has 0 radical (unpaired) electrons. The molecule has 0 fully saturated rings. The number of carbonyl (C=O) groups is 2. The molecule has 3 rings (SSSR count). The van der Waals surface area contributed by atoms with Gasteiger partial charge < -0.3 is 5.32 Å². The van der Waals surface area contributed by atoms with Crippen LogP contribution in [0.4, 0.5) is 18.9 Å². The van der Waals surface area contributed by atoms with Crippen molar-refractivity contribution in [3.05, 3.63) is 65.2 Å². The lowest BCUT2D eigenvalue weighted by atomic mass is 10.0. The van der Waals surface area contributed by atoms with Crippen molar-refractivity contribution >= 4 is 23.2 Å². The van der Waals surface area contributed by atoms with Gasteiger partial charge in [0.05, 0.1) is 11.3 Å². The smallest absolute Gasteiger partial charge is 0.322 e. The van der Waals surface area contributed by atoms with Crippen molar-refractivity contribution in [3.63, 3.8) is 0 Å². The summed E-state index contributed by atoms with van der Waals surface area (Å²) in [6.45, 7) is 0. The molecule has 0 atom stereocenters. The number of halogens is 3. The van der Waals surface area contributed by atoms with Gasteiger partial charge in [-0.25, -0.2) is 5.43 Å². The number of hydrogen-bond donors (Lipinski definition) is 2. The molecule has 0 unspecified atom stereocenters. The number of nitrogens with zero attached hydrogens (tertiary/aromatic N) is 1. The molecule has 0 aliphatic carbocycles. The van der Waals surface area contributed by atoms with E-state index in [1.54, 1.807) is 24.3 Å². The van der Waals surface area contributed by atoms with Gasteiger partial charge in [0.25, 0.3) is 5.91 Å². The lowest BCUT2D eigenvalue weighted by Gasteiger charge is -2.13. The Hall–Kier alpha value is -3.16. The van der Waals surface area contributed by atoms with E-state index in [0.29, 0.717) is 18.5 Å². The van der Waals surface area contributed by atoms with E-state index in [4.69, 9.17) is 0 Å². The summed E-state index contributed by atoms with van der Waals surface area (Å²) in [5.41, 5.74) is 3.40. The van der Waals surface area contributed by atoms with Crippen molar-refractivity contribution in [1.82, 2.24) is 5.43 Å². The molecule has 8 heteroatoms. The van der Waals surface area contributed by atoms with Crippen LogP contribution in [0.25, 0.3) is 0 Å². The molecule has 0 saturated carbocycles. The second kappa shape index (κ2) is 6.99. The fourth-order valence-corrected chi connectivity index (χ4v) is 2.47. The quantitative estimate of drug-likeness (QED) is 0.877. The standard InChI is InChI=1S/C18H14F3N3O2/c19-18(20,21)13-3-1-2-12(10-13)17(26)22-14-6-4-11(5-7-14)15-8-9-16(25)24-23-15/h1-7,10H,8-9H2,(H,22,26)(H,24,25). The minimum absolute atomic E-state index is 0.0803. The molecule has 5 nitrogen and oxygen atoms in total. The zero-order valence-corrected chi connectivity index (χ0v) is 13.4. The molecular formula is C18H14F3N3O2. The Morgan fingerprint density at radius 3 is 2.42 bits per heavy atom. The third-order valence-electron chi connectivity index (χ3n) is 3.83. The summed E-state index contributed by atoms with van der Waals surface area (Å²) in [4.78, 5) is 23.3. The Morgan fingerprint density at radius 1 is 1.08 bits per heavy atom. The number of carbonyl (C=O) groups excluding carboxylic acids is 2. The summed E-state index contributed by atoms with van der Waals surface area (Å²) in [5, 5.41) is 6.53. The number of anilines is 1. The highest BCUT2D eigenvalue weighted by Gasteiger charge is 2.30. The highest BCUT2D eigenvalue weighted by molar-refractivity contribution is 6.06. The van der Waals surface area contributed by atoms with E-state index in [9.17, 15) is 22.8 Å². The van der Waals surface area contributed by atoms with E-state index in [2.05, 4.69) is 15.8 Å². The van der Waals surface area contributed by atoms with E-state index >= 15 is 0 Å². The summed E-state index contributed by atoms with van der Waals surface area (Å²) in [7, 11) is 0. The van der Waals surface area contributed by atoms with Crippen molar-refractivity contribution in [2.45, 2.75) is 19.0 Å². The average molecular weight is 361 g/mol. The summed E-state index contributed by atoms with van der Waals surface area (Å²) in [5.74, 6) is -0.773. The zero-order chi connectivity index (χ0) is 18.7. The Morgan fingerprint density at radius 2 is 1.81 bits per heavy atom. The monoisotopic (exact) mass is 361 g/mol. The minimum Gasteiger partial charge on any atom is -0.322 e. The lowest BCUT2D eigenvalue weighted by Crippen LogP contribution is -2.25. The molecule has 134 valence electrons. The predicted molar refractivity (Wildman–Crippen MR) is 89.8 cm³/mol. The largest absolute Gasteiger partial charge is 0.416 e. The minimum atomic E-state index is -4.51. The fraction of sp³-hybridized carbons (Fsp3) is 0.167. The fourth-order valence-electron chi connectivity index (χ4n) is 2.47. The molecule has 1 heterocycles. The van der Waals surface area contributed by atoms with Gasteiger partial charge in [0, 0.05) is 24.1 Å². The highest BCUT2D eigenvalue weighted by atomic mass is 19.4. The van der Waals surface area contributed by atoms with Crippen molar-refractivity contribution < 1.29 is 22.8 Å². The van der Waals surface area contributed by atoms with Crippen molar-refractivity contribution in [1.29, 1.82) is 0 Å². The Labute approximate surface area is 146 Å². The molecular weight excluding hydrogens is 347 g/mol. The van der Waals surface area contributed by atoms with E-state index in [1.807, 2.05) is 0 Å². The summed E-state index contributed by atoms with van der Waals surface area (Å²) >= 11 is 0.